The molecule has 0 bridgehead atoms. The van der Waals surface area contributed by atoms with Crippen LogP contribution in [-0.2, 0) is 6.18 Å². The summed E-state index contributed by atoms with van der Waals surface area (Å²) in [5, 5.41) is 0. The maximum atomic E-state index is 12.9. The van der Waals surface area contributed by atoms with Gasteiger partial charge in [0.2, 0.25) is 0 Å². The van der Waals surface area contributed by atoms with Gasteiger partial charge in [-0.25, -0.2) is 4.39 Å². The number of rotatable bonds is 3. The maximum absolute atomic E-state index is 12.9. The third-order valence-electron chi connectivity index (χ3n) is 3.00. The summed E-state index contributed by atoms with van der Waals surface area (Å²) >= 11 is 0. The molecule has 0 radical (unpaired) electrons. The molecule has 7 heteroatoms. The molecule has 2 rings (SSSR count). The first kappa shape index (κ1) is 15.9. The van der Waals surface area contributed by atoms with Crippen molar-refractivity contribution in [3.63, 3.8) is 0 Å². The molecule has 0 aliphatic rings. The Balaban J connectivity index is 2.27. The van der Waals surface area contributed by atoms with Gasteiger partial charge in [-0.15, -0.1) is 0 Å². The Kier molecular flexibility index (Phi) is 4.44. The summed E-state index contributed by atoms with van der Waals surface area (Å²) in [5.74, 6) is -0.946. The van der Waals surface area contributed by atoms with Crippen molar-refractivity contribution in [2.24, 2.45) is 0 Å². The number of nitrogens with zero attached hydrogens (tertiary/aromatic N) is 2. The van der Waals surface area contributed by atoms with E-state index in [2.05, 4.69) is 4.98 Å². The lowest BCUT2D eigenvalue weighted by atomic mass is 10.2. The van der Waals surface area contributed by atoms with Gasteiger partial charge in [-0.1, -0.05) is 0 Å². The summed E-state index contributed by atoms with van der Waals surface area (Å²) in [6.07, 6.45) is -3.67. The zero-order valence-corrected chi connectivity index (χ0v) is 11.6. The fourth-order valence-corrected chi connectivity index (χ4v) is 1.91. The molecule has 0 unspecified atom stereocenters. The van der Waals surface area contributed by atoms with Gasteiger partial charge in [0, 0.05) is 18.4 Å². The van der Waals surface area contributed by atoms with Crippen molar-refractivity contribution in [2.75, 3.05) is 11.4 Å². The second-order valence-electron chi connectivity index (χ2n) is 4.46. The van der Waals surface area contributed by atoms with Crippen molar-refractivity contribution in [3.05, 3.63) is 59.7 Å². The summed E-state index contributed by atoms with van der Waals surface area (Å²) in [6.45, 7) is 1.99. The quantitative estimate of drug-likeness (QED) is 0.805. The van der Waals surface area contributed by atoms with E-state index in [4.69, 9.17) is 0 Å². The molecule has 116 valence electrons. The van der Waals surface area contributed by atoms with Crippen LogP contribution in [0.2, 0.25) is 0 Å². The molecule has 22 heavy (non-hydrogen) atoms. The van der Waals surface area contributed by atoms with Gasteiger partial charge in [-0.3, -0.25) is 9.78 Å². The topological polar surface area (TPSA) is 33.2 Å². The minimum atomic E-state index is -4.55. The highest BCUT2D eigenvalue weighted by Crippen LogP contribution is 2.27. The zero-order valence-electron chi connectivity index (χ0n) is 11.6. The highest BCUT2D eigenvalue weighted by Gasteiger charge is 2.32. The third-order valence-corrected chi connectivity index (χ3v) is 3.00. The van der Waals surface area contributed by atoms with Crippen LogP contribution in [0, 0.1) is 5.82 Å². The summed E-state index contributed by atoms with van der Waals surface area (Å²) < 4.78 is 50.3. The Hall–Kier alpha value is -2.44. The Morgan fingerprint density at radius 2 is 1.77 bits per heavy atom. The predicted molar refractivity (Wildman–Crippen MR) is 73.0 cm³/mol. The van der Waals surface area contributed by atoms with Gasteiger partial charge in [-0.05, 0) is 43.3 Å². The van der Waals surface area contributed by atoms with Gasteiger partial charge in [0.25, 0.3) is 5.91 Å². The van der Waals surface area contributed by atoms with Crippen LogP contribution in [0.15, 0.2) is 42.6 Å². The van der Waals surface area contributed by atoms with Crippen molar-refractivity contribution < 1.29 is 22.4 Å². The lowest BCUT2D eigenvalue weighted by Crippen LogP contribution is -2.30. The second kappa shape index (κ2) is 6.13. The van der Waals surface area contributed by atoms with Crippen LogP contribution in [0.25, 0.3) is 0 Å². The SMILES string of the molecule is CCN(C(=O)c1ccc(C(F)(F)F)nc1)c1ccc(F)cc1. The first-order chi connectivity index (χ1) is 10.3. The van der Waals surface area contributed by atoms with Gasteiger partial charge in [-0.2, -0.15) is 13.2 Å². The van der Waals surface area contributed by atoms with Crippen molar-refractivity contribution >= 4 is 11.6 Å². The number of halogens is 4. The zero-order chi connectivity index (χ0) is 16.3. The molecule has 0 aliphatic carbocycles. The van der Waals surface area contributed by atoms with Crippen LogP contribution in [0.3, 0.4) is 0 Å². The van der Waals surface area contributed by atoms with Crippen molar-refractivity contribution in [3.8, 4) is 0 Å². The molecular formula is C15H12F4N2O. The van der Waals surface area contributed by atoms with Crippen LogP contribution < -0.4 is 4.90 Å². The number of alkyl halides is 3. The van der Waals surface area contributed by atoms with Crippen LogP contribution >= 0.6 is 0 Å². The van der Waals surface area contributed by atoms with Crippen LogP contribution in [0.5, 0.6) is 0 Å². The first-order valence-corrected chi connectivity index (χ1v) is 6.43. The molecule has 1 heterocycles. The predicted octanol–water partition coefficient (Wildman–Crippen LogP) is 3.91. The fourth-order valence-electron chi connectivity index (χ4n) is 1.91. The van der Waals surface area contributed by atoms with Gasteiger partial charge in [0.15, 0.2) is 0 Å². The minimum Gasteiger partial charge on any atom is -0.309 e. The van der Waals surface area contributed by atoms with E-state index >= 15 is 0 Å². The van der Waals surface area contributed by atoms with E-state index in [0.717, 1.165) is 18.3 Å². The molecule has 0 saturated heterocycles. The van der Waals surface area contributed by atoms with Crippen molar-refractivity contribution in [1.29, 1.82) is 0 Å². The fraction of sp³-hybridized carbons (Fsp3) is 0.200. The second-order valence-corrected chi connectivity index (χ2v) is 4.46. The summed E-state index contributed by atoms with van der Waals surface area (Å²) in [5.41, 5.74) is -0.582. The Bertz CT molecular complexity index is 651. The van der Waals surface area contributed by atoms with E-state index in [-0.39, 0.29) is 12.1 Å². The van der Waals surface area contributed by atoms with Crippen LogP contribution in [0.4, 0.5) is 23.2 Å². The number of pyridine rings is 1. The van der Waals surface area contributed by atoms with E-state index in [1.54, 1.807) is 6.92 Å². The highest BCUT2D eigenvalue weighted by atomic mass is 19.4. The van der Waals surface area contributed by atoms with Gasteiger partial charge in [0.05, 0.1) is 5.56 Å². The molecule has 1 aromatic heterocycles. The summed E-state index contributed by atoms with van der Waals surface area (Å²) in [6, 6.07) is 7.09. The largest absolute Gasteiger partial charge is 0.433 e. The Morgan fingerprint density at radius 3 is 2.23 bits per heavy atom. The molecule has 2 aromatic rings. The van der Waals surface area contributed by atoms with E-state index in [1.807, 2.05) is 0 Å². The van der Waals surface area contributed by atoms with Crippen LogP contribution in [-0.4, -0.2) is 17.4 Å². The molecule has 0 fully saturated rings. The molecule has 3 nitrogen and oxygen atoms in total. The van der Waals surface area contributed by atoms with Crippen molar-refractivity contribution in [2.45, 2.75) is 13.1 Å². The Morgan fingerprint density at radius 1 is 1.14 bits per heavy atom. The minimum absolute atomic E-state index is 0.0270. The average molecular weight is 312 g/mol. The number of anilines is 1. The standard InChI is InChI=1S/C15H12F4N2O/c1-2-21(12-6-4-11(16)5-7-12)14(22)10-3-8-13(20-9-10)15(17,18)19/h3-9H,2H2,1H3. The lowest BCUT2D eigenvalue weighted by molar-refractivity contribution is -0.141. The number of hydrogen-bond acceptors (Lipinski definition) is 2. The third kappa shape index (κ3) is 3.41. The number of carbonyl (C=O) groups excluding carboxylic acids is 1. The van der Waals surface area contributed by atoms with E-state index in [1.165, 1.54) is 29.2 Å². The van der Waals surface area contributed by atoms with Gasteiger partial charge >= 0.3 is 6.18 Å². The lowest BCUT2D eigenvalue weighted by Gasteiger charge is -2.21. The van der Waals surface area contributed by atoms with E-state index in [0.29, 0.717) is 5.69 Å². The van der Waals surface area contributed by atoms with E-state index < -0.39 is 23.6 Å². The van der Waals surface area contributed by atoms with Crippen LogP contribution in [0.1, 0.15) is 23.0 Å². The number of benzene rings is 1. The van der Waals surface area contributed by atoms with Gasteiger partial charge in [0.1, 0.15) is 11.5 Å². The first-order valence-electron chi connectivity index (χ1n) is 6.43. The van der Waals surface area contributed by atoms with Gasteiger partial charge < -0.3 is 4.90 Å². The normalized spacial score (nSPS) is 11.3. The molecule has 0 spiro atoms. The number of amides is 1. The number of aromatic nitrogens is 1. The molecule has 0 atom stereocenters. The van der Waals surface area contributed by atoms with Crippen molar-refractivity contribution in [1.82, 2.24) is 4.98 Å². The van der Waals surface area contributed by atoms with E-state index in [9.17, 15) is 22.4 Å². The number of carbonyl (C=O) groups is 1. The smallest absolute Gasteiger partial charge is 0.309 e. The summed E-state index contributed by atoms with van der Waals surface area (Å²) in [4.78, 5) is 16.9. The Labute approximate surface area is 124 Å². The summed E-state index contributed by atoms with van der Waals surface area (Å²) in [7, 11) is 0. The molecule has 0 saturated carbocycles. The molecule has 1 amide bonds. The molecule has 1 aromatic carbocycles. The molecule has 0 N–H and O–H groups in total. The monoisotopic (exact) mass is 312 g/mol. The molecule has 0 aliphatic heterocycles. The molecular weight excluding hydrogens is 300 g/mol. The maximum Gasteiger partial charge on any atom is 0.433 e. The highest BCUT2D eigenvalue weighted by molar-refractivity contribution is 6.05. The average Bonchev–Trinajstić information content (AvgIpc) is 2.49. The number of hydrogen-bond donors (Lipinski definition) is 0.